The van der Waals surface area contributed by atoms with Gasteiger partial charge >= 0.3 is 22.4 Å². The number of phosphoric ester groups is 1. The zero-order valence-electron chi connectivity index (χ0n) is 11.4. The largest absolute Gasteiger partial charge is 0.479 e. The molecule has 0 aromatic rings. The molecule has 0 aromatic heterocycles. The molecule has 0 saturated carbocycles. The van der Waals surface area contributed by atoms with Crippen LogP contribution in [0.15, 0.2) is 0 Å². The minimum absolute atomic E-state index is 0.166. The molecule has 0 heterocycles. The van der Waals surface area contributed by atoms with Crippen LogP contribution in [0.1, 0.15) is 39.5 Å². The first-order chi connectivity index (χ1) is 9.08. The minimum atomic E-state index is -5.36. The molecular weight excluding hydrogens is 333 g/mol. The Morgan fingerprint density at radius 2 is 1.30 bits per heavy atom. The Balaban J connectivity index is 4.85. The lowest BCUT2D eigenvalue weighted by Crippen LogP contribution is -2.01. The summed E-state index contributed by atoms with van der Waals surface area (Å²) >= 11 is 0. The molecule has 0 aromatic carbocycles. The summed E-state index contributed by atoms with van der Waals surface area (Å²) in [6.07, 6.45) is 2.08. The van der Waals surface area contributed by atoms with Crippen molar-refractivity contribution in [1.29, 1.82) is 0 Å². The summed E-state index contributed by atoms with van der Waals surface area (Å²) in [6.45, 7) is 3.15. The van der Waals surface area contributed by atoms with Gasteiger partial charge in [0.25, 0.3) is 0 Å². The van der Waals surface area contributed by atoms with Gasteiger partial charge in [-0.1, -0.05) is 26.7 Å². The minimum Gasteiger partial charge on any atom is -0.316 e. The van der Waals surface area contributed by atoms with Crippen molar-refractivity contribution in [2.75, 3.05) is 13.2 Å². The van der Waals surface area contributed by atoms with Gasteiger partial charge in [0.15, 0.2) is 0 Å². The third-order valence-electron chi connectivity index (χ3n) is 2.03. The molecule has 0 fully saturated rings. The smallest absolute Gasteiger partial charge is 0.316 e. The first-order valence-corrected chi connectivity index (χ1v) is 11.4. The van der Waals surface area contributed by atoms with E-state index in [4.69, 9.17) is 9.79 Å². The molecule has 0 radical (unpaired) electrons. The molecule has 0 aliphatic rings. The fourth-order valence-corrected chi connectivity index (χ4v) is 6.00. The van der Waals surface area contributed by atoms with E-state index < -0.39 is 22.4 Å². The second-order valence-electron chi connectivity index (χ2n) is 3.91. The zero-order chi connectivity index (χ0) is 15.9. The van der Waals surface area contributed by atoms with Gasteiger partial charge in [-0.15, -0.1) is 0 Å². The average Bonchev–Trinajstić information content (AvgIpc) is 2.27. The molecule has 9 nitrogen and oxygen atoms in total. The first kappa shape index (κ1) is 20.5. The van der Waals surface area contributed by atoms with Crippen molar-refractivity contribution in [1.82, 2.24) is 0 Å². The molecule has 2 unspecified atom stereocenters. The lowest BCUT2D eigenvalue weighted by Gasteiger charge is -2.21. The van der Waals surface area contributed by atoms with Gasteiger partial charge in [-0.25, -0.2) is 13.7 Å². The molecule has 12 heteroatoms. The summed E-state index contributed by atoms with van der Waals surface area (Å²) in [7, 11) is -15.3. The summed E-state index contributed by atoms with van der Waals surface area (Å²) in [5.74, 6) is 0. The highest BCUT2D eigenvalue weighted by atomic mass is 32.1. The van der Waals surface area contributed by atoms with Crippen molar-refractivity contribution >= 4 is 22.4 Å². The van der Waals surface area contributed by atoms with E-state index in [0.717, 1.165) is 0 Å². The van der Waals surface area contributed by atoms with E-state index in [-0.39, 0.29) is 13.2 Å². The van der Waals surface area contributed by atoms with Crippen molar-refractivity contribution in [3.8, 4) is 0 Å². The fraction of sp³-hybridized carbons (Fsp3) is 1.00. The van der Waals surface area contributed by atoms with E-state index in [9.17, 15) is 18.6 Å². The van der Waals surface area contributed by atoms with Crippen molar-refractivity contribution in [3.05, 3.63) is 0 Å². The van der Waals surface area contributed by atoms with Gasteiger partial charge in [-0.3, -0.25) is 9.05 Å². The second kappa shape index (κ2) is 8.79. The van der Waals surface area contributed by atoms with E-state index in [1.165, 1.54) is 0 Å². The Morgan fingerprint density at radius 1 is 0.850 bits per heavy atom. The molecule has 0 rings (SSSR count). The van der Waals surface area contributed by atoms with Gasteiger partial charge in [0.2, 0.25) is 0 Å². The maximum absolute atomic E-state index is 11.9. The molecule has 0 bridgehead atoms. The quantitative estimate of drug-likeness (QED) is 0.377. The molecule has 3 N–H and O–H groups in total. The highest BCUT2D eigenvalue weighted by Crippen LogP contribution is 2.83. The van der Waals surface area contributed by atoms with Gasteiger partial charge in [0.1, 0.15) is 0 Å². The van der Waals surface area contributed by atoms with Crippen LogP contribution in [0.2, 0.25) is 0 Å². The second-order valence-corrected chi connectivity index (χ2v) is 11.0. The Bertz CT molecular complexity index is 417. The first-order valence-electron chi connectivity index (χ1n) is 6.07. The van der Waals surface area contributed by atoms with Crippen LogP contribution in [-0.2, 0) is 27.1 Å². The standard InChI is InChI=1S/C8H21O9P3/c1-3-5-7-15-19(12,13)17-20(14,18(9,10)11)16-8-6-4-2/h3-8H2,1-2H3,(H,12,13)(H2,9,10,11). The normalized spacial score (nSPS) is 18.4. The third kappa shape index (κ3) is 7.46. The molecule has 2 atom stereocenters. The van der Waals surface area contributed by atoms with E-state index in [1.54, 1.807) is 13.8 Å². The third-order valence-corrected chi connectivity index (χ3v) is 8.26. The molecule has 0 spiro atoms. The number of rotatable bonds is 11. The van der Waals surface area contributed by atoms with Crippen molar-refractivity contribution in [2.24, 2.45) is 0 Å². The fourth-order valence-electron chi connectivity index (χ4n) is 0.949. The molecular formula is C8H21O9P3. The van der Waals surface area contributed by atoms with E-state index in [0.29, 0.717) is 25.7 Å². The van der Waals surface area contributed by atoms with Crippen LogP contribution in [0.25, 0.3) is 0 Å². The highest BCUT2D eigenvalue weighted by Gasteiger charge is 2.51. The van der Waals surface area contributed by atoms with Crippen LogP contribution in [0, 0.1) is 0 Å². The molecule has 0 amide bonds. The summed E-state index contributed by atoms with van der Waals surface area (Å²) in [4.78, 5) is 27.3. The molecule has 20 heavy (non-hydrogen) atoms. The van der Waals surface area contributed by atoms with Crippen LogP contribution >= 0.6 is 22.4 Å². The van der Waals surface area contributed by atoms with E-state index in [2.05, 4.69) is 13.4 Å². The number of unbranched alkanes of at least 4 members (excludes halogenated alkanes) is 2. The molecule has 0 aliphatic carbocycles. The maximum Gasteiger partial charge on any atom is 0.479 e. The number of phosphoric acid groups is 1. The van der Waals surface area contributed by atoms with Crippen LogP contribution in [0.5, 0.6) is 0 Å². The van der Waals surface area contributed by atoms with Gasteiger partial charge in [0, 0.05) is 0 Å². The van der Waals surface area contributed by atoms with Gasteiger partial charge in [0.05, 0.1) is 13.2 Å². The maximum atomic E-state index is 11.9. The van der Waals surface area contributed by atoms with Crippen molar-refractivity contribution < 1.29 is 41.7 Å². The zero-order valence-corrected chi connectivity index (χ0v) is 14.1. The summed E-state index contributed by atoms with van der Waals surface area (Å²) in [6, 6.07) is 0. The molecule has 0 saturated heterocycles. The number of hydrogen-bond donors (Lipinski definition) is 3. The van der Waals surface area contributed by atoms with E-state index >= 15 is 0 Å². The predicted molar refractivity (Wildman–Crippen MR) is 72.3 cm³/mol. The summed E-state index contributed by atoms with van der Waals surface area (Å²) in [5.41, 5.74) is 0. The monoisotopic (exact) mass is 354 g/mol. The van der Waals surface area contributed by atoms with Crippen LogP contribution in [-0.4, -0.2) is 27.9 Å². The SMILES string of the molecule is CCCCOP(=O)(O)OP(=O)(OCCCC)P(=O)(O)O. The summed E-state index contributed by atoms with van der Waals surface area (Å²) in [5, 5.41) is 0. The highest BCUT2D eigenvalue weighted by molar-refractivity contribution is 8.27. The van der Waals surface area contributed by atoms with Crippen molar-refractivity contribution in [3.63, 3.8) is 0 Å². The Kier molecular flexibility index (Phi) is 8.98. The predicted octanol–water partition coefficient (Wildman–Crippen LogP) is 3.02. The lowest BCUT2D eigenvalue weighted by atomic mass is 10.4. The van der Waals surface area contributed by atoms with Crippen LogP contribution in [0.4, 0.5) is 0 Å². The molecule has 122 valence electrons. The van der Waals surface area contributed by atoms with Gasteiger partial charge < -0.3 is 14.7 Å². The number of hydrogen-bond acceptors (Lipinski definition) is 6. The Morgan fingerprint density at radius 3 is 1.70 bits per heavy atom. The van der Waals surface area contributed by atoms with Crippen molar-refractivity contribution in [2.45, 2.75) is 39.5 Å². The van der Waals surface area contributed by atoms with Gasteiger partial charge in [-0.2, -0.15) is 4.31 Å². The van der Waals surface area contributed by atoms with Crippen LogP contribution in [0.3, 0.4) is 0 Å². The van der Waals surface area contributed by atoms with Crippen LogP contribution < -0.4 is 0 Å². The van der Waals surface area contributed by atoms with E-state index in [1.807, 2.05) is 0 Å². The lowest BCUT2D eigenvalue weighted by molar-refractivity contribution is 0.181. The van der Waals surface area contributed by atoms with Gasteiger partial charge in [-0.05, 0) is 12.8 Å². The average molecular weight is 354 g/mol. The topological polar surface area (TPSA) is 140 Å². The Hall–Kier alpha value is 0.450. The Labute approximate surface area is 117 Å². The summed E-state index contributed by atoms with van der Waals surface area (Å²) < 4.78 is 47.7. The molecule has 0 aliphatic heterocycles.